The molecule has 0 radical (unpaired) electrons. The number of carbonyl (C=O) groups is 1. The molecule has 2 fully saturated rings. The first kappa shape index (κ1) is 30.0. The standard InChI is InChI=1S/C31H32Cl2FN7O4/c1-16-8-19(28(34)27(33)29(16)43)20-12-39(30-26(20)31(44)41-5-3-4-23(41)37-30)13-25(42)36-22-9-24(35-10-21(22)32)40-7-6-38(11-17(40)2)18-14-45-15-18/h8-10,12,17-18,43H,3-7,11,13-15H2,1-2H3,(H,35,36,42)/t17-/m0/s1. The van der Waals surface area contributed by atoms with E-state index in [2.05, 4.69) is 27.0 Å². The summed E-state index contributed by atoms with van der Waals surface area (Å²) in [5.41, 5.74) is 0.989. The number of rotatable bonds is 6. The second kappa shape index (κ2) is 11.6. The molecule has 3 aliphatic rings. The Morgan fingerprint density at radius 1 is 1.20 bits per heavy atom. The lowest BCUT2D eigenvalue weighted by atomic mass is 10.0. The van der Waals surface area contributed by atoms with Crippen LogP contribution in [-0.4, -0.2) is 79.9 Å². The van der Waals surface area contributed by atoms with E-state index in [0.29, 0.717) is 41.9 Å². The number of phenols is 1. The molecular formula is C31H32Cl2FN7O4. The van der Waals surface area contributed by atoms with Crippen LogP contribution in [0.2, 0.25) is 10.0 Å². The number of anilines is 2. The molecule has 0 unspecified atom stereocenters. The van der Waals surface area contributed by atoms with Crippen molar-refractivity contribution in [3.05, 3.63) is 62.1 Å². The lowest BCUT2D eigenvalue weighted by molar-refractivity contribution is -0.116. The molecule has 6 heterocycles. The van der Waals surface area contributed by atoms with Crippen molar-refractivity contribution in [2.75, 3.05) is 43.1 Å². The minimum absolute atomic E-state index is 0.0396. The smallest absolute Gasteiger partial charge is 0.263 e. The summed E-state index contributed by atoms with van der Waals surface area (Å²) in [5, 5.41) is 13.1. The molecule has 0 saturated carbocycles. The van der Waals surface area contributed by atoms with Gasteiger partial charge in [-0.05, 0) is 31.9 Å². The maximum Gasteiger partial charge on any atom is 0.263 e. The van der Waals surface area contributed by atoms with Gasteiger partial charge in [0.15, 0.2) is 5.82 Å². The number of aromatic hydroxyl groups is 1. The summed E-state index contributed by atoms with van der Waals surface area (Å²) in [4.78, 5) is 41.1. The lowest BCUT2D eigenvalue weighted by Crippen LogP contribution is -2.59. The van der Waals surface area contributed by atoms with Crippen molar-refractivity contribution in [2.45, 2.75) is 51.9 Å². The highest BCUT2D eigenvalue weighted by Crippen LogP contribution is 2.39. The quantitative estimate of drug-likeness (QED) is 0.317. The Morgan fingerprint density at radius 3 is 2.73 bits per heavy atom. The average Bonchev–Trinajstić information content (AvgIpc) is 3.60. The van der Waals surface area contributed by atoms with Gasteiger partial charge in [0.25, 0.3) is 5.56 Å². The predicted molar refractivity (Wildman–Crippen MR) is 170 cm³/mol. The van der Waals surface area contributed by atoms with Gasteiger partial charge in [0.1, 0.15) is 34.6 Å². The fourth-order valence-electron chi connectivity index (χ4n) is 6.51. The zero-order chi connectivity index (χ0) is 31.6. The van der Waals surface area contributed by atoms with Gasteiger partial charge >= 0.3 is 0 Å². The van der Waals surface area contributed by atoms with Crippen LogP contribution in [0.4, 0.5) is 15.9 Å². The monoisotopic (exact) mass is 655 g/mol. The number of aromatic nitrogens is 4. The lowest BCUT2D eigenvalue weighted by Gasteiger charge is -2.46. The first-order chi connectivity index (χ1) is 21.6. The molecule has 0 bridgehead atoms. The Hall–Kier alpha value is -3.71. The average molecular weight is 657 g/mol. The van der Waals surface area contributed by atoms with Crippen LogP contribution < -0.4 is 15.8 Å². The van der Waals surface area contributed by atoms with Gasteiger partial charge in [0.2, 0.25) is 5.91 Å². The summed E-state index contributed by atoms with van der Waals surface area (Å²) in [5.74, 6) is -0.320. The van der Waals surface area contributed by atoms with Gasteiger partial charge in [-0.15, -0.1) is 0 Å². The molecule has 1 atom stereocenters. The minimum Gasteiger partial charge on any atom is -0.506 e. The van der Waals surface area contributed by atoms with Crippen LogP contribution in [-0.2, 0) is 29.0 Å². The Kier molecular flexibility index (Phi) is 7.71. The molecule has 2 N–H and O–H groups in total. The van der Waals surface area contributed by atoms with Crippen LogP contribution in [0.15, 0.2) is 29.3 Å². The number of nitrogens with one attached hydrogen (secondary N) is 1. The predicted octanol–water partition coefficient (Wildman–Crippen LogP) is 4.21. The molecule has 0 aliphatic carbocycles. The number of ether oxygens (including phenoxy) is 1. The summed E-state index contributed by atoms with van der Waals surface area (Å²) in [6.07, 6.45) is 4.44. The maximum absolute atomic E-state index is 15.4. The molecule has 3 aliphatic heterocycles. The molecule has 7 rings (SSSR count). The molecule has 3 aromatic heterocycles. The third-order valence-electron chi connectivity index (χ3n) is 9.02. The van der Waals surface area contributed by atoms with E-state index in [1.165, 1.54) is 23.0 Å². The number of hydrogen-bond acceptors (Lipinski definition) is 8. The van der Waals surface area contributed by atoms with Crippen molar-refractivity contribution in [1.82, 2.24) is 24.0 Å². The van der Waals surface area contributed by atoms with Crippen molar-refractivity contribution in [3.8, 4) is 16.9 Å². The van der Waals surface area contributed by atoms with Gasteiger partial charge in [0, 0.05) is 62.0 Å². The van der Waals surface area contributed by atoms with Crippen molar-refractivity contribution >= 4 is 51.6 Å². The maximum atomic E-state index is 15.4. The number of aryl methyl sites for hydroxylation is 2. The second-order valence-corrected chi connectivity index (χ2v) is 12.8. The molecule has 1 aromatic carbocycles. The number of amides is 1. The zero-order valence-corrected chi connectivity index (χ0v) is 26.3. The van der Waals surface area contributed by atoms with Crippen LogP contribution >= 0.6 is 23.2 Å². The van der Waals surface area contributed by atoms with Gasteiger partial charge in [-0.25, -0.2) is 14.4 Å². The van der Waals surface area contributed by atoms with E-state index in [9.17, 15) is 14.7 Å². The fraction of sp³-hybridized carbons (Fsp3) is 0.419. The Labute approximate surface area is 268 Å². The van der Waals surface area contributed by atoms with Crippen LogP contribution in [0.1, 0.15) is 24.7 Å². The molecule has 0 spiro atoms. The summed E-state index contributed by atoms with van der Waals surface area (Å²) in [6.45, 7) is 8.11. The highest BCUT2D eigenvalue weighted by atomic mass is 35.5. The normalized spacial score (nSPS) is 18.8. The third kappa shape index (κ3) is 5.23. The highest BCUT2D eigenvalue weighted by Gasteiger charge is 2.33. The summed E-state index contributed by atoms with van der Waals surface area (Å²) in [6, 6.07) is 3.87. The molecule has 14 heteroatoms. The van der Waals surface area contributed by atoms with Crippen molar-refractivity contribution in [2.24, 2.45) is 0 Å². The first-order valence-electron chi connectivity index (χ1n) is 14.9. The SMILES string of the molecule is Cc1cc(-c2cn(CC(=O)Nc3cc(N4CCN(C5COC5)C[C@@H]4C)ncc3Cl)c3nc4n(c(=O)c23)CCC4)c(F)c(Cl)c1O. The summed E-state index contributed by atoms with van der Waals surface area (Å²) in [7, 11) is 0. The minimum atomic E-state index is -0.861. The number of piperazine rings is 1. The first-order valence-corrected chi connectivity index (χ1v) is 15.7. The molecule has 2 saturated heterocycles. The topological polar surface area (TPSA) is 118 Å². The fourth-order valence-corrected chi connectivity index (χ4v) is 6.91. The van der Waals surface area contributed by atoms with E-state index in [1.807, 2.05) is 0 Å². The van der Waals surface area contributed by atoms with Gasteiger partial charge in [0.05, 0.1) is 41.5 Å². The molecule has 1 amide bonds. The highest BCUT2D eigenvalue weighted by molar-refractivity contribution is 6.33. The van der Waals surface area contributed by atoms with E-state index in [-0.39, 0.29) is 51.1 Å². The molecule has 45 heavy (non-hydrogen) atoms. The number of fused-ring (bicyclic) bond motifs is 2. The Balaban J connectivity index is 1.19. The van der Waals surface area contributed by atoms with Crippen LogP contribution in [0.25, 0.3) is 22.2 Å². The van der Waals surface area contributed by atoms with Gasteiger partial charge < -0.3 is 24.6 Å². The van der Waals surface area contributed by atoms with Crippen molar-refractivity contribution < 1.29 is 19.0 Å². The third-order valence-corrected chi connectivity index (χ3v) is 9.66. The molecule has 4 aromatic rings. The van der Waals surface area contributed by atoms with Crippen LogP contribution in [0.5, 0.6) is 5.75 Å². The van der Waals surface area contributed by atoms with Gasteiger partial charge in [-0.3, -0.25) is 19.1 Å². The number of pyridine rings is 1. The van der Waals surface area contributed by atoms with Crippen LogP contribution in [0, 0.1) is 12.7 Å². The van der Waals surface area contributed by atoms with E-state index in [0.717, 1.165) is 39.3 Å². The Bertz CT molecular complexity index is 1910. The van der Waals surface area contributed by atoms with Crippen LogP contribution in [0.3, 0.4) is 0 Å². The largest absolute Gasteiger partial charge is 0.506 e. The number of benzene rings is 1. The number of nitrogens with zero attached hydrogens (tertiary/aromatic N) is 6. The van der Waals surface area contributed by atoms with E-state index >= 15 is 4.39 Å². The zero-order valence-electron chi connectivity index (χ0n) is 24.8. The number of phenolic OH excluding ortho intramolecular Hbond substituents is 1. The second-order valence-electron chi connectivity index (χ2n) is 12.0. The number of hydrogen-bond donors (Lipinski definition) is 2. The number of halogens is 3. The van der Waals surface area contributed by atoms with Gasteiger partial charge in [-0.1, -0.05) is 23.2 Å². The summed E-state index contributed by atoms with van der Waals surface area (Å²) < 4.78 is 23.9. The van der Waals surface area contributed by atoms with E-state index in [4.69, 9.17) is 32.9 Å². The van der Waals surface area contributed by atoms with E-state index in [1.54, 1.807) is 17.6 Å². The molecule has 11 nitrogen and oxygen atoms in total. The van der Waals surface area contributed by atoms with Crippen molar-refractivity contribution in [3.63, 3.8) is 0 Å². The van der Waals surface area contributed by atoms with Gasteiger partial charge in [-0.2, -0.15) is 0 Å². The molecule has 236 valence electrons. The van der Waals surface area contributed by atoms with Crippen molar-refractivity contribution in [1.29, 1.82) is 0 Å². The summed E-state index contributed by atoms with van der Waals surface area (Å²) >= 11 is 12.6. The molecular weight excluding hydrogens is 624 g/mol. The van der Waals surface area contributed by atoms with E-state index < -0.39 is 16.7 Å². The number of carbonyl (C=O) groups excluding carboxylic acids is 1. The Morgan fingerprint density at radius 2 is 2.00 bits per heavy atom.